The summed E-state index contributed by atoms with van der Waals surface area (Å²) in [7, 11) is 0. The van der Waals surface area contributed by atoms with Crippen molar-refractivity contribution >= 4 is 34.2 Å². The van der Waals surface area contributed by atoms with E-state index >= 15 is 0 Å². The summed E-state index contributed by atoms with van der Waals surface area (Å²) in [4.78, 5) is 19.9. The third-order valence-electron chi connectivity index (χ3n) is 4.29. The molecule has 0 spiro atoms. The zero-order chi connectivity index (χ0) is 15.6. The van der Waals surface area contributed by atoms with E-state index in [1.54, 1.807) is 11.3 Å². The Morgan fingerprint density at radius 1 is 1.09 bits per heavy atom. The third kappa shape index (κ3) is 3.90. The van der Waals surface area contributed by atoms with Crippen LogP contribution in [-0.4, -0.2) is 11.5 Å². The number of thiophene rings is 2. The highest BCUT2D eigenvalue weighted by Gasteiger charge is 2.27. The zero-order valence-electron chi connectivity index (χ0n) is 12.9. The van der Waals surface area contributed by atoms with Crippen molar-refractivity contribution in [2.75, 3.05) is 0 Å². The number of ketones is 1. The number of oxime groups is 1. The lowest BCUT2D eigenvalue weighted by atomic mass is 10.1. The van der Waals surface area contributed by atoms with Gasteiger partial charge in [0, 0.05) is 6.42 Å². The number of nitrogens with zero attached hydrogens (tertiary/aromatic N) is 1. The first-order chi connectivity index (χ1) is 11.3. The molecule has 0 saturated heterocycles. The maximum atomic E-state index is 12.3. The first kappa shape index (κ1) is 15.1. The maximum Gasteiger partial charge on any atom is 0.179 e. The van der Waals surface area contributed by atoms with Gasteiger partial charge in [0.05, 0.1) is 10.6 Å². The van der Waals surface area contributed by atoms with Gasteiger partial charge in [-0.25, -0.2) is 0 Å². The largest absolute Gasteiger partial charge is 0.355 e. The standard InChI is InChI=1S/C18H19NO2S2/c20-15(11-13-5-6-13)18-16(7-9-23-18)21-19-14(10-12-3-4-12)17-2-1-8-22-17/h1-2,7-9,12-13H,3-6,10-11H2/b19-14-. The van der Waals surface area contributed by atoms with Gasteiger partial charge in [0.2, 0.25) is 0 Å². The van der Waals surface area contributed by atoms with Crippen LogP contribution in [0.25, 0.3) is 0 Å². The predicted molar refractivity (Wildman–Crippen MR) is 94.8 cm³/mol. The lowest BCUT2D eigenvalue weighted by Gasteiger charge is -2.05. The minimum atomic E-state index is 0.201. The maximum absolute atomic E-state index is 12.3. The zero-order valence-corrected chi connectivity index (χ0v) is 14.5. The fourth-order valence-electron chi connectivity index (χ4n) is 2.57. The molecular weight excluding hydrogens is 326 g/mol. The summed E-state index contributed by atoms with van der Waals surface area (Å²) in [5.74, 6) is 2.16. The molecule has 0 amide bonds. The van der Waals surface area contributed by atoms with Gasteiger partial charge in [-0.05, 0) is 66.8 Å². The molecule has 3 nitrogen and oxygen atoms in total. The van der Waals surface area contributed by atoms with Gasteiger partial charge in [-0.2, -0.15) is 0 Å². The van der Waals surface area contributed by atoms with Crippen LogP contribution >= 0.6 is 22.7 Å². The lowest BCUT2D eigenvalue weighted by Crippen LogP contribution is -2.04. The number of Topliss-reactive ketones (excluding diaryl/α,β-unsaturated/α-hetero) is 1. The van der Waals surface area contributed by atoms with Crippen LogP contribution in [0, 0.1) is 11.8 Å². The Balaban J connectivity index is 1.49. The minimum absolute atomic E-state index is 0.201. The Labute approximate surface area is 144 Å². The molecule has 0 radical (unpaired) electrons. The molecule has 5 heteroatoms. The van der Waals surface area contributed by atoms with E-state index < -0.39 is 0 Å². The van der Waals surface area contributed by atoms with Crippen LogP contribution in [0.2, 0.25) is 0 Å². The van der Waals surface area contributed by atoms with Crippen molar-refractivity contribution in [1.82, 2.24) is 0 Å². The fourth-order valence-corrected chi connectivity index (χ4v) is 4.06. The van der Waals surface area contributed by atoms with Crippen molar-refractivity contribution in [3.8, 4) is 5.75 Å². The molecule has 2 aromatic heterocycles. The molecule has 4 rings (SSSR count). The number of carbonyl (C=O) groups excluding carboxylic acids is 1. The van der Waals surface area contributed by atoms with Crippen LogP contribution < -0.4 is 4.84 Å². The summed E-state index contributed by atoms with van der Waals surface area (Å²) in [6, 6.07) is 5.98. The second kappa shape index (κ2) is 6.57. The van der Waals surface area contributed by atoms with Crippen molar-refractivity contribution in [3.05, 3.63) is 38.7 Å². The predicted octanol–water partition coefficient (Wildman–Crippen LogP) is 5.38. The molecule has 2 fully saturated rings. The number of rotatable bonds is 8. The first-order valence-electron chi connectivity index (χ1n) is 8.18. The van der Waals surface area contributed by atoms with Crippen molar-refractivity contribution in [1.29, 1.82) is 0 Å². The van der Waals surface area contributed by atoms with E-state index in [1.165, 1.54) is 37.0 Å². The van der Waals surface area contributed by atoms with Gasteiger partial charge in [0.25, 0.3) is 0 Å². The molecule has 2 saturated carbocycles. The SMILES string of the molecule is O=C(CC1CC1)c1sccc1O/N=C(/CC1CC1)c1cccs1. The highest BCUT2D eigenvalue weighted by molar-refractivity contribution is 7.12. The Morgan fingerprint density at radius 3 is 2.57 bits per heavy atom. The van der Waals surface area contributed by atoms with E-state index in [0.717, 1.165) is 27.8 Å². The Bertz CT molecular complexity index is 709. The molecule has 2 aliphatic carbocycles. The van der Waals surface area contributed by atoms with Crippen LogP contribution in [0.3, 0.4) is 0 Å². The topological polar surface area (TPSA) is 38.7 Å². The Kier molecular flexibility index (Phi) is 4.31. The van der Waals surface area contributed by atoms with Crippen LogP contribution in [0.4, 0.5) is 0 Å². The average Bonchev–Trinajstić information content (AvgIpc) is 3.43. The van der Waals surface area contributed by atoms with E-state index in [0.29, 0.717) is 18.1 Å². The molecular formula is C18H19NO2S2. The molecule has 0 aromatic carbocycles. The highest BCUT2D eigenvalue weighted by atomic mass is 32.1. The van der Waals surface area contributed by atoms with E-state index in [4.69, 9.17) is 4.84 Å². The molecule has 120 valence electrons. The summed E-state index contributed by atoms with van der Waals surface area (Å²) < 4.78 is 0. The summed E-state index contributed by atoms with van der Waals surface area (Å²) >= 11 is 3.15. The summed E-state index contributed by atoms with van der Waals surface area (Å²) in [6.45, 7) is 0. The van der Waals surface area contributed by atoms with Crippen LogP contribution in [0.1, 0.15) is 53.1 Å². The van der Waals surface area contributed by atoms with Gasteiger partial charge in [-0.15, -0.1) is 22.7 Å². The highest BCUT2D eigenvalue weighted by Crippen LogP contribution is 2.37. The lowest BCUT2D eigenvalue weighted by molar-refractivity contribution is 0.0976. The molecule has 0 aliphatic heterocycles. The third-order valence-corrected chi connectivity index (χ3v) is 6.15. The van der Waals surface area contributed by atoms with E-state index in [-0.39, 0.29) is 5.78 Å². The minimum Gasteiger partial charge on any atom is -0.355 e. The quantitative estimate of drug-likeness (QED) is 0.366. The number of carbonyl (C=O) groups is 1. The number of hydrogen-bond acceptors (Lipinski definition) is 5. The summed E-state index contributed by atoms with van der Waals surface area (Å²) in [5, 5.41) is 8.38. The molecule has 2 aliphatic rings. The molecule has 0 bridgehead atoms. The summed E-state index contributed by atoms with van der Waals surface area (Å²) in [5.41, 5.74) is 1.01. The first-order valence-corrected chi connectivity index (χ1v) is 9.94. The van der Waals surface area contributed by atoms with Gasteiger partial charge < -0.3 is 4.84 Å². The van der Waals surface area contributed by atoms with Crippen molar-refractivity contribution < 1.29 is 9.63 Å². The second-order valence-electron chi connectivity index (χ2n) is 6.44. The van der Waals surface area contributed by atoms with E-state index in [2.05, 4.69) is 16.6 Å². The molecule has 0 atom stereocenters. The average molecular weight is 345 g/mol. The van der Waals surface area contributed by atoms with Crippen LogP contribution in [0.5, 0.6) is 5.75 Å². The van der Waals surface area contributed by atoms with Gasteiger partial charge in [-0.3, -0.25) is 4.79 Å². The van der Waals surface area contributed by atoms with Crippen molar-refractivity contribution in [2.24, 2.45) is 17.0 Å². The number of hydrogen-bond donors (Lipinski definition) is 0. The Morgan fingerprint density at radius 2 is 1.87 bits per heavy atom. The molecule has 23 heavy (non-hydrogen) atoms. The smallest absolute Gasteiger partial charge is 0.179 e. The Hall–Kier alpha value is -1.46. The van der Waals surface area contributed by atoms with E-state index in [1.807, 2.05) is 17.5 Å². The van der Waals surface area contributed by atoms with Crippen LogP contribution in [0.15, 0.2) is 34.1 Å². The van der Waals surface area contributed by atoms with Crippen molar-refractivity contribution in [3.63, 3.8) is 0 Å². The van der Waals surface area contributed by atoms with Gasteiger partial charge in [0.1, 0.15) is 4.88 Å². The summed E-state index contributed by atoms with van der Waals surface area (Å²) in [6.07, 6.45) is 6.57. The molecule has 2 heterocycles. The normalized spacial score (nSPS) is 18.2. The van der Waals surface area contributed by atoms with E-state index in [9.17, 15) is 4.79 Å². The second-order valence-corrected chi connectivity index (χ2v) is 8.30. The van der Waals surface area contributed by atoms with Gasteiger partial charge in [-0.1, -0.05) is 11.2 Å². The van der Waals surface area contributed by atoms with Crippen LogP contribution in [-0.2, 0) is 0 Å². The van der Waals surface area contributed by atoms with Gasteiger partial charge in [0.15, 0.2) is 11.5 Å². The van der Waals surface area contributed by atoms with Crippen molar-refractivity contribution in [2.45, 2.75) is 38.5 Å². The molecule has 0 N–H and O–H groups in total. The molecule has 0 unspecified atom stereocenters. The molecule has 2 aromatic rings. The monoisotopic (exact) mass is 345 g/mol. The fraction of sp³-hybridized carbons (Fsp3) is 0.444. The van der Waals surface area contributed by atoms with Gasteiger partial charge >= 0.3 is 0 Å².